The monoisotopic (exact) mass is 270 g/mol. The van der Waals surface area contributed by atoms with E-state index in [4.69, 9.17) is 5.73 Å². The van der Waals surface area contributed by atoms with Crippen molar-refractivity contribution in [2.24, 2.45) is 0 Å². The average molecular weight is 270 g/mol. The third-order valence-electron chi connectivity index (χ3n) is 3.31. The molecule has 2 aromatic carbocycles. The van der Waals surface area contributed by atoms with Crippen molar-refractivity contribution in [2.45, 2.75) is 19.9 Å². The van der Waals surface area contributed by atoms with Gasteiger partial charge in [-0.25, -0.2) is 0 Å². The van der Waals surface area contributed by atoms with Gasteiger partial charge < -0.3 is 16.2 Å². The lowest BCUT2D eigenvalue weighted by Crippen LogP contribution is -2.27. The first kappa shape index (κ1) is 13.9. The maximum absolute atomic E-state index is 12.2. The van der Waals surface area contributed by atoms with Crippen LogP contribution in [0.5, 0.6) is 5.75 Å². The molecular formula is C16H18N2O2. The van der Waals surface area contributed by atoms with Crippen LogP contribution >= 0.6 is 0 Å². The van der Waals surface area contributed by atoms with E-state index >= 15 is 0 Å². The summed E-state index contributed by atoms with van der Waals surface area (Å²) < 4.78 is 0. The van der Waals surface area contributed by atoms with Crippen LogP contribution in [-0.4, -0.2) is 11.0 Å². The van der Waals surface area contributed by atoms with Gasteiger partial charge in [0, 0.05) is 0 Å². The van der Waals surface area contributed by atoms with E-state index in [1.54, 1.807) is 18.2 Å². The molecule has 0 aliphatic heterocycles. The third-order valence-corrected chi connectivity index (χ3v) is 3.31. The summed E-state index contributed by atoms with van der Waals surface area (Å²) in [6, 6.07) is 12.4. The van der Waals surface area contributed by atoms with Crippen LogP contribution < -0.4 is 11.1 Å². The van der Waals surface area contributed by atoms with Crippen LogP contribution in [0.3, 0.4) is 0 Å². The SMILES string of the molecule is Cc1ccccc1C(C)NC(=O)c1cccc(N)c1O. The quantitative estimate of drug-likeness (QED) is 0.593. The summed E-state index contributed by atoms with van der Waals surface area (Å²) in [6.07, 6.45) is 0. The van der Waals surface area contributed by atoms with Gasteiger partial charge in [-0.2, -0.15) is 0 Å². The highest BCUT2D eigenvalue weighted by atomic mass is 16.3. The lowest BCUT2D eigenvalue weighted by Gasteiger charge is -2.17. The van der Waals surface area contributed by atoms with Gasteiger partial charge in [-0.3, -0.25) is 4.79 Å². The molecule has 0 fully saturated rings. The van der Waals surface area contributed by atoms with Crippen LogP contribution in [0.1, 0.15) is 34.5 Å². The number of hydrogen-bond acceptors (Lipinski definition) is 3. The largest absolute Gasteiger partial charge is 0.505 e. The Hall–Kier alpha value is -2.49. The van der Waals surface area contributed by atoms with Crippen molar-refractivity contribution >= 4 is 11.6 Å². The van der Waals surface area contributed by atoms with Crippen LogP contribution in [0.4, 0.5) is 5.69 Å². The molecule has 0 aliphatic rings. The maximum atomic E-state index is 12.2. The number of nitrogens with one attached hydrogen (secondary N) is 1. The Labute approximate surface area is 118 Å². The topological polar surface area (TPSA) is 75.4 Å². The van der Waals surface area contributed by atoms with Crippen molar-refractivity contribution < 1.29 is 9.90 Å². The molecule has 0 bridgehead atoms. The fraction of sp³-hybridized carbons (Fsp3) is 0.188. The Balaban J connectivity index is 2.20. The molecule has 2 rings (SSSR count). The molecule has 0 radical (unpaired) electrons. The molecule has 0 aliphatic carbocycles. The van der Waals surface area contributed by atoms with Crippen LogP contribution in [0, 0.1) is 6.92 Å². The number of nitrogen functional groups attached to an aromatic ring is 1. The second kappa shape index (κ2) is 5.65. The Morgan fingerprint density at radius 3 is 2.60 bits per heavy atom. The van der Waals surface area contributed by atoms with E-state index < -0.39 is 0 Å². The first-order chi connectivity index (χ1) is 9.50. The number of aromatic hydroxyl groups is 1. The fourth-order valence-corrected chi connectivity index (χ4v) is 2.17. The van der Waals surface area contributed by atoms with E-state index in [0.717, 1.165) is 11.1 Å². The van der Waals surface area contributed by atoms with Gasteiger partial charge in [0.2, 0.25) is 0 Å². The lowest BCUT2D eigenvalue weighted by atomic mass is 10.0. The molecule has 20 heavy (non-hydrogen) atoms. The van der Waals surface area contributed by atoms with Crippen molar-refractivity contribution in [3.05, 3.63) is 59.2 Å². The number of phenolic OH excluding ortho intramolecular Hbond substituents is 1. The molecular weight excluding hydrogens is 252 g/mol. The van der Waals surface area contributed by atoms with E-state index in [1.807, 2.05) is 38.1 Å². The molecule has 1 amide bonds. The predicted octanol–water partition coefficient (Wildman–Crippen LogP) is 2.77. The number of hydrogen-bond donors (Lipinski definition) is 3. The molecule has 4 nitrogen and oxygen atoms in total. The van der Waals surface area contributed by atoms with E-state index in [-0.39, 0.29) is 28.9 Å². The molecule has 104 valence electrons. The van der Waals surface area contributed by atoms with E-state index in [0.29, 0.717) is 0 Å². The Kier molecular flexibility index (Phi) is 3.94. The zero-order valence-corrected chi connectivity index (χ0v) is 11.6. The number of carbonyl (C=O) groups is 1. The number of phenols is 1. The first-order valence-electron chi connectivity index (χ1n) is 6.44. The van der Waals surface area contributed by atoms with Gasteiger partial charge >= 0.3 is 0 Å². The average Bonchev–Trinajstić information content (AvgIpc) is 2.42. The van der Waals surface area contributed by atoms with Gasteiger partial charge in [-0.05, 0) is 37.1 Å². The number of amides is 1. The van der Waals surface area contributed by atoms with E-state index in [9.17, 15) is 9.90 Å². The molecule has 0 heterocycles. The summed E-state index contributed by atoms with van der Waals surface area (Å²) in [5.41, 5.74) is 8.13. The zero-order valence-electron chi connectivity index (χ0n) is 11.6. The summed E-state index contributed by atoms with van der Waals surface area (Å²) in [6.45, 7) is 3.90. The number of rotatable bonds is 3. The van der Waals surface area contributed by atoms with Crippen molar-refractivity contribution in [3.8, 4) is 5.75 Å². The molecule has 2 aromatic rings. The van der Waals surface area contributed by atoms with E-state index in [1.165, 1.54) is 0 Å². The van der Waals surface area contributed by atoms with Crippen LogP contribution in [0.25, 0.3) is 0 Å². The highest BCUT2D eigenvalue weighted by molar-refractivity contribution is 5.98. The van der Waals surface area contributed by atoms with Crippen LogP contribution in [0.15, 0.2) is 42.5 Å². The van der Waals surface area contributed by atoms with Crippen molar-refractivity contribution in [2.75, 3.05) is 5.73 Å². The number of nitrogens with two attached hydrogens (primary N) is 1. The van der Waals surface area contributed by atoms with Gasteiger partial charge in [0.1, 0.15) is 0 Å². The number of aryl methyl sites for hydroxylation is 1. The normalized spacial score (nSPS) is 11.9. The van der Waals surface area contributed by atoms with Gasteiger partial charge in [0.15, 0.2) is 5.75 Å². The van der Waals surface area contributed by atoms with Gasteiger partial charge in [-0.15, -0.1) is 0 Å². The fourth-order valence-electron chi connectivity index (χ4n) is 2.17. The minimum Gasteiger partial charge on any atom is -0.505 e. The lowest BCUT2D eigenvalue weighted by molar-refractivity contribution is 0.0937. The highest BCUT2D eigenvalue weighted by Crippen LogP contribution is 2.25. The second-order valence-corrected chi connectivity index (χ2v) is 4.80. The molecule has 1 unspecified atom stereocenters. The number of benzene rings is 2. The Morgan fingerprint density at radius 1 is 1.20 bits per heavy atom. The van der Waals surface area contributed by atoms with Crippen LogP contribution in [0.2, 0.25) is 0 Å². The zero-order chi connectivity index (χ0) is 14.7. The smallest absolute Gasteiger partial charge is 0.255 e. The van der Waals surface area contributed by atoms with Gasteiger partial charge in [0.25, 0.3) is 5.91 Å². The highest BCUT2D eigenvalue weighted by Gasteiger charge is 2.16. The third kappa shape index (κ3) is 2.74. The summed E-state index contributed by atoms with van der Waals surface area (Å²) in [7, 11) is 0. The van der Waals surface area contributed by atoms with Crippen molar-refractivity contribution in [3.63, 3.8) is 0 Å². The molecule has 0 saturated heterocycles. The first-order valence-corrected chi connectivity index (χ1v) is 6.44. The Morgan fingerprint density at radius 2 is 1.90 bits per heavy atom. The summed E-state index contributed by atoms with van der Waals surface area (Å²) in [5.74, 6) is -0.521. The van der Waals surface area contributed by atoms with Crippen molar-refractivity contribution in [1.82, 2.24) is 5.32 Å². The summed E-state index contributed by atoms with van der Waals surface area (Å²) in [4.78, 5) is 12.2. The molecule has 0 aromatic heterocycles. The number of anilines is 1. The minimum atomic E-state index is -0.342. The molecule has 4 N–H and O–H groups in total. The Bertz CT molecular complexity index is 638. The predicted molar refractivity (Wildman–Crippen MR) is 79.6 cm³/mol. The van der Waals surface area contributed by atoms with E-state index in [2.05, 4.69) is 5.32 Å². The molecule has 4 heteroatoms. The van der Waals surface area contributed by atoms with Gasteiger partial charge in [0.05, 0.1) is 17.3 Å². The minimum absolute atomic E-state index is 0.149. The molecule has 0 saturated carbocycles. The maximum Gasteiger partial charge on any atom is 0.255 e. The summed E-state index contributed by atoms with van der Waals surface area (Å²) in [5, 5.41) is 12.7. The molecule has 1 atom stereocenters. The molecule has 0 spiro atoms. The number of carbonyl (C=O) groups excluding carboxylic acids is 1. The van der Waals surface area contributed by atoms with Gasteiger partial charge in [-0.1, -0.05) is 30.3 Å². The second-order valence-electron chi connectivity index (χ2n) is 4.80. The number of para-hydroxylation sites is 1. The summed E-state index contributed by atoms with van der Waals surface area (Å²) >= 11 is 0. The van der Waals surface area contributed by atoms with Crippen LogP contribution in [-0.2, 0) is 0 Å². The standard InChI is InChI=1S/C16H18N2O2/c1-10-6-3-4-7-12(10)11(2)18-16(20)13-8-5-9-14(17)15(13)19/h3-9,11,19H,17H2,1-2H3,(H,18,20). The van der Waals surface area contributed by atoms with Crippen molar-refractivity contribution in [1.29, 1.82) is 0 Å².